The summed E-state index contributed by atoms with van der Waals surface area (Å²) in [7, 11) is 3.05. The van der Waals surface area contributed by atoms with Crippen molar-refractivity contribution < 1.29 is 13.3 Å². The molecule has 0 rings (SSSR count). The molecule has 0 bridgehead atoms. The Labute approximate surface area is 73.6 Å². The molecule has 0 aliphatic heterocycles. The quantitative estimate of drug-likeness (QED) is 0.478. The second kappa shape index (κ2) is 8.10. The van der Waals surface area contributed by atoms with Crippen LogP contribution in [-0.2, 0) is 13.3 Å². The van der Waals surface area contributed by atoms with E-state index in [-0.39, 0.29) is 29.6 Å². The predicted molar refractivity (Wildman–Crippen MR) is 35.3 cm³/mol. The molecule has 0 fully saturated rings. The van der Waals surface area contributed by atoms with Crippen LogP contribution in [0, 0.1) is 0 Å². The molecule has 0 amide bonds. The molecule has 0 radical (unpaired) electrons. The second-order valence-electron chi connectivity index (χ2n) is 0.996. The topological polar surface area (TPSA) is 27.7 Å². The summed E-state index contributed by atoms with van der Waals surface area (Å²) < 4.78 is 14.2. The van der Waals surface area contributed by atoms with Gasteiger partial charge in [0.2, 0.25) is 0 Å². The van der Waals surface area contributed by atoms with E-state index in [1.165, 1.54) is 0 Å². The average molecular weight is 146 g/mol. The molecule has 8 heavy (non-hydrogen) atoms. The molecule has 0 aromatic carbocycles. The van der Waals surface area contributed by atoms with E-state index in [0.29, 0.717) is 0 Å². The molecular formula is C3H11NaO3Si. The Kier molecular flexibility index (Phi) is 12.0. The van der Waals surface area contributed by atoms with Crippen LogP contribution < -0.4 is 0 Å². The van der Waals surface area contributed by atoms with E-state index in [1.54, 1.807) is 21.3 Å². The molecule has 5 heteroatoms. The number of rotatable bonds is 3. The molecule has 3 nitrogen and oxygen atoms in total. The van der Waals surface area contributed by atoms with Gasteiger partial charge in [-0.2, -0.15) is 0 Å². The Morgan fingerprint density at radius 1 is 0.875 bits per heavy atom. The van der Waals surface area contributed by atoms with E-state index in [0.717, 1.165) is 0 Å². The first-order valence-corrected chi connectivity index (χ1v) is 3.35. The van der Waals surface area contributed by atoms with Gasteiger partial charge in [-0.1, -0.05) is 0 Å². The van der Waals surface area contributed by atoms with Crippen LogP contribution in [0.3, 0.4) is 0 Å². The van der Waals surface area contributed by atoms with Crippen molar-refractivity contribution in [1.82, 2.24) is 0 Å². The van der Waals surface area contributed by atoms with Crippen LogP contribution in [0.4, 0.5) is 0 Å². The monoisotopic (exact) mass is 146 g/mol. The molecular weight excluding hydrogens is 135 g/mol. The minimum absolute atomic E-state index is 0. The molecule has 0 saturated heterocycles. The van der Waals surface area contributed by atoms with Crippen molar-refractivity contribution in [3.8, 4) is 0 Å². The average Bonchev–Trinajstić information content (AvgIpc) is 1.72. The van der Waals surface area contributed by atoms with E-state index in [9.17, 15) is 0 Å². The fourth-order valence-corrected chi connectivity index (χ4v) is 0.866. The van der Waals surface area contributed by atoms with Crippen LogP contribution in [0.25, 0.3) is 0 Å². The molecule has 0 unspecified atom stereocenters. The molecule has 0 saturated carbocycles. The third-order valence-electron chi connectivity index (χ3n) is 0.577. The molecule has 0 spiro atoms. The maximum atomic E-state index is 4.74. The first-order chi connectivity index (χ1) is 3.35. The van der Waals surface area contributed by atoms with Crippen molar-refractivity contribution in [2.24, 2.45) is 0 Å². The molecule has 0 N–H and O–H groups in total. The van der Waals surface area contributed by atoms with Crippen LogP contribution in [0.2, 0.25) is 0 Å². The van der Waals surface area contributed by atoms with Gasteiger partial charge in [-0.15, -0.1) is 0 Å². The Morgan fingerprint density at radius 2 is 1.12 bits per heavy atom. The Balaban J connectivity index is 0. The summed E-state index contributed by atoms with van der Waals surface area (Å²) >= 11 is 0. The molecule has 0 heterocycles. The first-order valence-electron chi connectivity index (χ1n) is 1.93. The van der Waals surface area contributed by atoms with Crippen LogP contribution in [0.5, 0.6) is 0 Å². The molecule has 0 aliphatic carbocycles. The summed E-state index contributed by atoms with van der Waals surface area (Å²) in [6.45, 7) is 0. The van der Waals surface area contributed by atoms with Crippen molar-refractivity contribution in [3.05, 3.63) is 0 Å². The third-order valence-corrected chi connectivity index (χ3v) is 1.73. The van der Waals surface area contributed by atoms with Gasteiger partial charge < -0.3 is 13.3 Å². The summed E-state index contributed by atoms with van der Waals surface area (Å²) in [6, 6.07) is 0. The van der Waals surface area contributed by atoms with Gasteiger partial charge in [-0.3, -0.25) is 0 Å². The van der Waals surface area contributed by atoms with E-state index < -0.39 is 9.53 Å². The van der Waals surface area contributed by atoms with Gasteiger partial charge in [0, 0.05) is 21.3 Å². The molecule has 46 valence electrons. The second-order valence-corrected chi connectivity index (χ2v) is 2.99. The van der Waals surface area contributed by atoms with Gasteiger partial charge in [-0.05, 0) is 0 Å². The van der Waals surface area contributed by atoms with Crippen molar-refractivity contribution in [1.29, 1.82) is 0 Å². The Bertz CT molecular complexity index is 36.0. The summed E-state index contributed by atoms with van der Waals surface area (Å²) in [5, 5.41) is 0. The normalized spacial score (nSPS) is 9.00. The van der Waals surface area contributed by atoms with Gasteiger partial charge in [0.05, 0.1) is 0 Å². The van der Waals surface area contributed by atoms with Gasteiger partial charge in [0.25, 0.3) is 0 Å². The van der Waals surface area contributed by atoms with Gasteiger partial charge in [0.1, 0.15) is 0 Å². The number of hydrogen-bond acceptors (Lipinski definition) is 3. The molecule has 0 atom stereocenters. The van der Waals surface area contributed by atoms with Crippen LogP contribution >= 0.6 is 0 Å². The first kappa shape index (κ1) is 11.8. The molecule has 0 aliphatic rings. The van der Waals surface area contributed by atoms with Crippen LogP contribution in [0.15, 0.2) is 0 Å². The van der Waals surface area contributed by atoms with Crippen molar-refractivity contribution in [2.75, 3.05) is 21.3 Å². The minimum atomic E-state index is -1.67. The molecule has 0 aromatic heterocycles. The van der Waals surface area contributed by atoms with Gasteiger partial charge in [0.15, 0.2) is 0 Å². The SMILES string of the molecule is CO[SiH](OC)OC.[NaH]. The predicted octanol–water partition coefficient (Wildman–Crippen LogP) is -1.01. The molecule has 0 aromatic rings. The maximum absolute atomic E-state index is 4.74. The van der Waals surface area contributed by atoms with E-state index in [4.69, 9.17) is 13.3 Å². The van der Waals surface area contributed by atoms with Crippen LogP contribution in [0.1, 0.15) is 0 Å². The number of hydrogen-bond donors (Lipinski definition) is 0. The van der Waals surface area contributed by atoms with Crippen LogP contribution in [-0.4, -0.2) is 60.4 Å². The van der Waals surface area contributed by atoms with Gasteiger partial charge >= 0.3 is 39.1 Å². The summed E-state index contributed by atoms with van der Waals surface area (Å²) in [5.41, 5.74) is 0. The Hall–Kier alpha value is 1.10. The zero-order valence-electron chi connectivity index (χ0n) is 4.80. The van der Waals surface area contributed by atoms with Crippen molar-refractivity contribution >= 4 is 39.1 Å². The van der Waals surface area contributed by atoms with E-state index >= 15 is 0 Å². The van der Waals surface area contributed by atoms with E-state index in [1.807, 2.05) is 0 Å². The van der Waals surface area contributed by atoms with Crippen molar-refractivity contribution in [3.63, 3.8) is 0 Å². The Morgan fingerprint density at radius 3 is 1.12 bits per heavy atom. The zero-order chi connectivity index (χ0) is 5.70. The summed E-state index contributed by atoms with van der Waals surface area (Å²) in [5.74, 6) is 0. The standard InChI is InChI=1S/C3H10O3Si.Na.H/c1-4-7(5-2)6-3;;/h7H,1-3H3;;. The summed E-state index contributed by atoms with van der Waals surface area (Å²) in [6.07, 6.45) is 0. The third kappa shape index (κ3) is 5.24. The zero-order valence-corrected chi connectivity index (χ0v) is 5.96. The fourth-order valence-electron chi connectivity index (χ4n) is 0.289. The summed E-state index contributed by atoms with van der Waals surface area (Å²) in [4.78, 5) is 0. The van der Waals surface area contributed by atoms with Gasteiger partial charge in [-0.25, -0.2) is 0 Å². The van der Waals surface area contributed by atoms with E-state index in [2.05, 4.69) is 0 Å². The fraction of sp³-hybridized carbons (Fsp3) is 1.00. The van der Waals surface area contributed by atoms with Crippen molar-refractivity contribution in [2.45, 2.75) is 0 Å².